The van der Waals surface area contributed by atoms with Crippen LogP contribution in [0.5, 0.6) is 11.5 Å². The summed E-state index contributed by atoms with van der Waals surface area (Å²) in [6.07, 6.45) is -4.54. The van der Waals surface area contributed by atoms with E-state index in [1.54, 1.807) is 24.3 Å². The number of hydrogen-bond donors (Lipinski definition) is 3. The third-order valence-corrected chi connectivity index (χ3v) is 4.13. The SMILES string of the molecule is COc1ccccc1COc1cc(C2NNNC2C#N)cc(C(F)(F)F)c1. The van der Waals surface area contributed by atoms with Gasteiger partial charge in [0.25, 0.3) is 0 Å². The molecule has 2 aromatic carbocycles. The number of para-hydroxylation sites is 1. The van der Waals surface area contributed by atoms with Crippen LogP contribution in [0.3, 0.4) is 0 Å². The van der Waals surface area contributed by atoms with Crippen LogP contribution in [0.15, 0.2) is 42.5 Å². The number of halogens is 3. The van der Waals surface area contributed by atoms with Gasteiger partial charge in [-0.25, -0.2) is 10.9 Å². The summed E-state index contributed by atoms with van der Waals surface area (Å²) < 4.78 is 50.7. The Morgan fingerprint density at radius 3 is 2.63 bits per heavy atom. The topological polar surface area (TPSA) is 78.3 Å². The minimum absolute atomic E-state index is 0.0427. The van der Waals surface area contributed by atoms with Crippen LogP contribution in [0.2, 0.25) is 0 Å². The van der Waals surface area contributed by atoms with Crippen molar-refractivity contribution in [3.8, 4) is 17.6 Å². The molecule has 6 nitrogen and oxygen atoms in total. The highest BCUT2D eigenvalue weighted by molar-refractivity contribution is 5.40. The predicted molar refractivity (Wildman–Crippen MR) is 90.3 cm³/mol. The maximum atomic E-state index is 13.3. The number of nitrogens with zero attached hydrogens (tertiary/aromatic N) is 1. The first-order chi connectivity index (χ1) is 12.9. The van der Waals surface area contributed by atoms with Crippen LogP contribution in [0.4, 0.5) is 13.2 Å². The smallest absolute Gasteiger partial charge is 0.416 e. The molecule has 0 spiro atoms. The van der Waals surface area contributed by atoms with Crippen molar-refractivity contribution in [3.05, 3.63) is 59.2 Å². The molecule has 1 fully saturated rings. The highest BCUT2D eigenvalue weighted by atomic mass is 19.4. The standard InChI is InChI=1S/C18H17F3N4O2/c1-26-16-5-3-2-4-11(16)10-27-14-7-12(6-13(8-14)18(19,20)21)17-15(9-22)23-25-24-17/h2-8,15,17,23-25H,10H2,1H3. The second-order valence-corrected chi connectivity index (χ2v) is 5.89. The van der Waals surface area contributed by atoms with Crippen molar-refractivity contribution in [2.75, 3.05) is 7.11 Å². The summed E-state index contributed by atoms with van der Waals surface area (Å²) in [5.74, 6) is 0.635. The van der Waals surface area contributed by atoms with Gasteiger partial charge in [-0.3, -0.25) is 0 Å². The van der Waals surface area contributed by atoms with Crippen LogP contribution in [0.1, 0.15) is 22.7 Å². The lowest BCUT2D eigenvalue weighted by molar-refractivity contribution is -0.137. The number of methoxy groups -OCH3 is 1. The van der Waals surface area contributed by atoms with Gasteiger partial charge in [-0.1, -0.05) is 18.2 Å². The lowest BCUT2D eigenvalue weighted by atomic mass is 9.99. The molecule has 0 aliphatic carbocycles. The highest BCUT2D eigenvalue weighted by Crippen LogP contribution is 2.35. The minimum atomic E-state index is -4.54. The van der Waals surface area contributed by atoms with Gasteiger partial charge < -0.3 is 9.47 Å². The van der Waals surface area contributed by atoms with Crippen LogP contribution < -0.4 is 25.9 Å². The molecule has 0 bridgehead atoms. The average Bonchev–Trinajstić information content (AvgIpc) is 3.14. The minimum Gasteiger partial charge on any atom is -0.496 e. The highest BCUT2D eigenvalue weighted by Gasteiger charge is 2.34. The maximum Gasteiger partial charge on any atom is 0.416 e. The van der Waals surface area contributed by atoms with Crippen LogP contribution in [0, 0.1) is 11.3 Å². The lowest BCUT2D eigenvalue weighted by Crippen LogP contribution is -2.32. The zero-order valence-electron chi connectivity index (χ0n) is 14.3. The van der Waals surface area contributed by atoms with E-state index in [-0.39, 0.29) is 17.9 Å². The normalized spacial score (nSPS) is 19.5. The molecule has 9 heteroatoms. The molecule has 27 heavy (non-hydrogen) atoms. The second-order valence-electron chi connectivity index (χ2n) is 5.89. The number of rotatable bonds is 5. The van der Waals surface area contributed by atoms with E-state index >= 15 is 0 Å². The van der Waals surface area contributed by atoms with E-state index in [1.165, 1.54) is 13.2 Å². The molecule has 0 amide bonds. The van der Waals surface area contributed by atoms with Gasteiger partial charge >= 0.3 is 6.18 Å². The summed E-state index contributed by atoms with van der Waals surface area (Å²) in [6, 6.07) is 11.1. The van der Waals surface area contributed by atoms with E-state index in [4.69, 9.17) is 14.7 Å². The van der Waals surface area contributed by atoms with Crippen LogP contribution >= 0.6 is 0 Å². The van der Waals surface area contributed by atoms with Crippen molar-refractivity contribution in [1.29, 1.82) is 5.26 Å². The molecular weight excluding hydrogens is 361 g/mol. The largest absolute Gasteiger partial charge is 0.496 e. The summed E-state index contributed by atoms with van der Waals surface area (Å²) in [7, 11) is 1.51. The summed E-state index contributed by atoms with van der Waals surface area (Å²) in [4.78, 5) is 0. The second kappa shape index (κ2) is 7.84. The van der Waals surface area contributed by atoms with Gasteiger partial charge in [0.15, 0.2) is 0 Å². The summed E-state index contributed by atoms with van der Waals surface area (Å²) in [5.41, 5.74) is 8.09. The van der Waals surface area contributed by atoms with Crippen molar-refractivity contribution >= 4 is 0 Å². The van der Waals surface area contributed by atoms with Gasteiger partial charge in [0.1, 0.15) is 24.1 Å². The molecule has 0 radical (unpaired) electrons. The average molecular weight is 378 g/mol. The fraction of sp³-hybridized carbons (Fsp3) is 0.278. The Labute approximate surface area is 153 Å². The Morgan fingerprint density at radius 1 is 1.15 bits per heavy atom. The van der Waals surface area contributed by atoms with Crippen molar-refractivity contribution < 1.29 is 22.6 Å². The van der Waals surface area contributed by atoms with E-state index in [0.717, 1.165) is 12.1 Å². The fourth-order valence-electron chi connectivity index (χ4n) is 2.78. The summed E-state index contributed by atoms with van der Waals surface area (Å²) >= 11 is 0. The molecular formula is C18H17F3N4O2. The number of nitriles is 1. The number of alkyl halides is 3. The van der Waals surface area contributed by atoms with Gasteiger partial charge in [0, 0.05) is 5.56 Å². The van der Waals surface area contributed by atoms with E-state index in [0.29, 0.717) is 11.3 Å². The molecule has 2 aromatic rings. The van der Waals surface area contributed by atoms with E-state index in [9.17, 15) is 13.2 Å². The first kappa shape index (κ1) is 19.0. The van der Waals surface area contributed by atoms with Crippen molar-refractivity contribution in [2.24, 2.45) is 0 Å². The zero-order chi connectivity index (χ0) is 19.4. The van der Waals surface area contributed by atoms with E-state index < -0.39 is 23.8 Å². The van der Waals surface area contributed by atoms with Crippen LogP contribution in [0.25, 0.3) is 0 Å². The third-order valence-electron chi connectivity index (χ3n) is 4.13. The van der Waals surface area contributed by atoms with E-state index in [2.05, 4.69) is 16.4 Å². The molecule has 1 heterocycles. The lowest BCUT2D eigenvalue weighted by Gasteiger charge is -2.18. The molecule has 1 aliphatic heterocycles. The Hall–Kier alpha value is -2.80. The molecule has 1 saturated heterocycles. The van der Waals surface area contributed by atoms with Gasteiger partial charge in [0.05, 0.1) is 24.8 Å². The molecule has 2 atom stereocenters. The fourth-order valence-corrected chi connectivity index (χ4v) is 2.78. The Morgan fingerprint density at radius 2 is 1.93 bits per heavy atom. The number of hydrazine groups is 2. The first-order valence-electron chi connectivity index (χ1n) is 8.05. The third kappa shape index (κ3) is 4.31. The predicted octanol–water partition coefficient (Wildman–Crippen LogP) is 2.84. The number of benzene rings is 2. The number of nitrogens with one attached hydrogen (secondary N) is 3. The van der Waals surface area contributed by atoms with Crippen LogP contribution in [-0.4, -0.2) is 13.2 Å². The van der Waals surface area contributed by atoms with Crippen molar-refractivity contribution in [1.82, 2.24) is 16.4 Å². The summed E-state index contributed by atoms with van der Waals surface area (Å²) in [5, 5.41) is 9.15. The molecule has 0 saturated carbocycles. The molecule has 0 aromatic heterocycles. The van der Waals surface area contributed by atoms with Crippen LogP contribution in [-0.2, 0) is 12.8 Å². The molecule has 3 rings (SSSR count). The molecule has 142 valence electrons. The molecule has 3 N–H and O–H groups in total. The van der Waals surface area contributed by atoms with E-state index in [1.807, 2.05) is 6.07 Å². The molecule has 1 aliphatic rings. The molecule has 2 unspecified atom stereocenters. The quantitative estimate of drug-likeness (QED) is 0.743. The Kier molecular flexibility index (Phi) is 5.51. The van der Waals surface area contributed by atoms with Gasteiger partial charge in [-0.2, -0.15) is 24.0 Å². The zero-order valence-corrected chi connectivity index (χ0v) is 14.3. The van der Waals surface area contributed by atoms with Crippen molar-refractivity contribution in [3.63, 3.8) is 0 Å². The Bertz CT molecular complexity index is 851. The summed E-state index contributed by atoms with van der Waals surface area (Å²) in [6.45, 7) is 0.0427. The van der Waals surface area contributed by atoms with Gasteiger partial charge in [-0.15, -0.1) is 0 Å². The maximum absolute atomic E-state index is 13.3. The number of ether oxygens (including phenoxy) is 2. The Balaban J connectivity index is 1.90. The monoisotopic (exact) mass is 378 g/mol. The van der Waals surface area contributed by atoms with Gasteiger partial charge in [0.2, 0.25) is 0 Å². The first-order valence-corrected chi connectivity index (χ1v) is 8.05. The number of hydrogen-bond acceptors (Lipinski definition) is 6. The van der Waals surface area contributed by atoms with Gasteiger partial charge in [-0.05, 0) is 29.8 Å². The van der Waals surface area contributed by atoms with Crippen molar-refractivity contribution in [2.45, 2.75) is 24.9 Å².